The third-order valence-corrected chi connectivity index (χ3v) is 8.79. The number of ether oxygens (including phenoxy) is 1. The molecule has 13 atom stereocenters. The van der Waals surface area contributed by atoms with Gasteiger partial charge in [0.2, 0.25) is 5.91 Å². The minimum absolute atomic E-state index is 0.146. The summed E-state index contributed by atoms with van der Waals surface area (Å²) in [5.74, 6) is -2.00. The second-order valence-corrected chi connectivity index (χ2v) is 12.6. The first-order valence-corrected chi connectivity index (χ1v) is 15.1. The Bertz CT molecular complexity index is 964. The Morgan fingerprint density at radius 1 is 1.02 bits per heavy atom. The van der Waals surface area contributed by atoms with Crippen molar-refractivity contribution in [2.75, 3.05) is 0 Å². The molecule has 0 spiro atoms. The Hall–Kier alpha value is -2.46. The number of aliphatic hydroxyl groups is 4. The molecule has 1 heterocycles. The molecule has 0 aromatic carbocycles. The molecule has 0 aliphatic carbocycles. The summed E-state index contributed by atoms with van der Waals surface area (Å²) in [6.07, 6.45) is 6.99. The monoisotopic (exact) mass is 592 g/mol. The average molecular weight is 593 g/mol. The first-order chi connectivity index (χ1) is 19.5. The number of aliphatic hydroxyl groups excluding tert-OH is 4. The van der Waals surface area contributed by atoms with Crippen LogP contribution in [0.15, 0.2) is 48.6 Å². The van der Waals surface area contributed by atoms with Crippen LogP contribution in [-0.2, 0) is 9.53 Å². The highest BCUT2D eigenvalue weighted by Gasteiger charge is 2.39. The van der Waals surface area contributed by atoms with Crippen LogP contribution in [-0.4, -0.2) is 69.0 Å². The quantitative estimate of drug-likeness (QED) is 0.117. The number of amides is 2. The van der Waals surface area contributed by atoms with E-state index in [2.05, 4.69) is 11.9 Å². The van der Waals surface area contributed by atoms with Crippen molar-refractivity contribution in [1.29, 1.82) is 0 Å². The fourth-order valence-corrected chi connectivity index (χ4v) is 5.95. The molecule has 7 N–H and O–H groups in total. The molecular weight excluding hydrogens is 536 g/mol. The van der Waals surface area contributed by atoms with Crippen molar-refractivity contribution in [1.82, 2.24) is 5.32 Å². The molecule has 0 unspecified atom stereocenters. The van der Waals surface area contributed by atoms with Crippen molar-refractivity contribution in [3.8, 4) is 0 Å². The molecule has 1 saturated heterocycles. The first kappa shape index (κ1) is 37.6. The zero-order chi connectivity index (χ0) is 32.3. The van der Waals surface area contributed by atoms with Gasteiger partial charge in [-0.1, -0.05) is 97.1 Å². The normalized spacial score (nSPS) is 28.3. The van der Waals surface area contributed by atoms with Gasteiger partial charge in [-0.2, -0.15) is 0 Å². The minimum atomic E-state index is -0.885. The van der Waals surface area contributed by atoms with Crippen LogP contribution in [0.1, 0.15) is 68.2 Å². The van der Waals surface area contributed by atoms with Gasteiger partial charge in [0.25, 0.3) is 0 Å². The number of hydrogen-bond acceptors (Lipinski definition) is 7. The van der Waals surface area contributed by atoms with Gasteiger partial charge in [-0.05, 0) is 25.7 Å². The summed E-state index contributed by atoms with van der Waals surface area (Å²) in [5, 5.41) is 45.8. The SMILES string of the molecule is C=CC=C[C@H](C)[C@H](OC(N)=O)[C@@H](C)[C@H](O)[C@@H](C)CC(C)=C[C@H](C)[C@@H](O)[C@@H](C)C=C[C@@H](O)C[C@@H]1NC(=O)[C@H](C)[C@@H](O)[C@H]1C. The van der Waals surface area contributed by atoms with Crippen molar-refractivity contribution in [2.24, 2.45) is 47.2 Å². The topological polar surface area (TPSA) is 162 Å². The summed E-state index contributed by atoms with van der Waals surface area (Å²) < 4.78 is 5.36. The molecule has 0 bridgehead atoms. The van der Waals surface area contributed by atoms with Gasteiger partial charge in [0, 0.05) is 35.6 Å². The second kappa shape index (κ2) is 17.6. The van der Waals surface area contributed by atoms with Gasteiger partial charge in [-0.15, -0.1) is 0 Å². The van der Waals surface area contributed by atoms with Crippen LogP contribution < -0.4 is 11.1 Å². The van der Waals surface area contributed by atoms with Gasteiger partial charge < -0.3 is 36.2 Å². The Balaban J connectivity index is 2.76. The number of allylic oxidation sites excluding steroid dienone is 3. The number of hydrogen-bond donors (Lipinski definition) is 6. The maximum Gasteiger partial charge on any atom is 0.404 e. The van der Waals surface area contributed by atoms with Crippen molar-refractivity contribution in [3.63, 3.8) is 0 Å². The summed E-state index contributed by atoms with van der Waals surface area (Å²) in [7, 11) is 0. The standard InChI is InChI=1S/C33H56N2O7/c1-10-11-12-20(4)31(42-33(34)41)24(8)29(38)22(6)16-18(2)15-21(5)28(37)19(3)13-14-26(36)17-27-23(7)30(39)25(9)32(40)35-27/h10-15,19-31,36-39H,1,16-17H2,2-9H3,(H2,34,41)(H,35,40)/t19-,20-,21-,22-,23-,24-,25+,26+,27-,28-,29+,30-,31-/m0/s1. The molecule has 1 rings (SSSR count). The number of primary amides is 1. The molecule has 0 aromatic heterocycles. The van der Waals surface area contributed by atoms with Crippen LogP contribution in [0.25, 0.3) is 0 Å². The van der Waals surface area contributed by atoms with E-state index in [4.69, 9.17) is 10.5 Å². The molecule has 9 nitrogen and oxygen atoms in total. The maximum atomic E-state index is 12.1. The molecule has 1 aliphatic heterocycles. The van der Waals surface area contributed by atoms with E-state index < -0.39 is 42.5 Å². The Labute approximate surface area is 252 Å². The fraction of sp³-hybridized carbons (Fsp3) is 0.697. The molecule has 2 amide bonds. The zero-order valence-corrected chi connectivity index (χ0v) is 26.7. The van der Waals surface area contributed by atoms with Crippen molar-refractivity contribution in [2.45, 2.75) is 105 Å². The van der Waals surface area contributed by atoms with E-state index >= 15 is 0 Å². The molecule has 0 aromatic rings. The van der Waals surface area contributed by atoms with Gasteiger partial charge in [-0.3, -0.25) is 4.79 Å². The number of piperidine rings is 1. The molecule has 0 radical (unpaired) electrons. The van der Waals surface area contributed by atoms with Crippen LogP contribution in [0.4, 0.5) is 4.79 Å². The van der Waals surface area contributed by atoms with E-state index in [9.17, 15) is 30.0 Å². The van der Waals surface area contributed by atoms with Crippen LogP contribution in [0, 0.1) is 41.4 Å². The van der Waals surface area contributed by atoms with Gasteiger partial charge in [0.05, 0.1) is 30.3 Å². The lowest BCUT2D eigenvalue weighted by Gasteiger charge is -2.38. The molecule has 240 valence electrons. The number of carbonyl (C=O) groups is 2. The van der Waals surface area contributed by atoms with Crippen molar-refractivity contribution in [3.05, 3.63) is 48.6 Å². The third-order valence-electron chi connectivity index (χ3n) is 8.79. The van der Waals surface area contributed by atoms with Gasteiger partial charge >= 0.3 is 6.09 Å². The predicted molar refractivity (Wildman–Crippen MR) is 166 cm³/mol. The molecule has 1 aliphatic rings. The Morgan fingerprint density at radius 3 is 2.21 bits per heavy atom. The van der Waals surface area contributed by atoms with Crippen LogP contribution >= 0.6 is 0 Å². The highest BCUT2D eigenvalue weighted by Crippen LogP contribution is 2.29. The number of carbonyl (C=O) groups excluding carboxylic acids is 2. The smallest absolute Gasteiger partial charge is 0.404 e. The molecular formula is C33H56N2O7. The largest absolute Gasteiger partial charge is 0.445 e. The van der Waals surface area contributed by atoms with Crippen LogP contribution in [0.5, 0.6) is 0 Å². The average Bonchev–Trinajstić information content (AvgIpc) is 2.93. The summed E-state index contributed by atoms with van der Waals surface area (Å²) >= 11 is 0. The number of nitrogens with one attached hydrogen (secondary N) is 1. The minimum Gasteiger partial charge on any atom is -0.445 e. The first-order valence-electron chi connectivity index (χ1n) is 15.1. The van der Waals surface area contributed by atoms with Crippen molar-refractivity contribution >= 4 is 12.0 Å². The van der Waals surface area contributed by atoms with Gasteiger partial charge in [-0.25, -0.2) is 4.79 Å². The highest BCUT2D eigenvalue weighted by atomic mass is 16.6. The lowest BCUT2D eigenvalue weighted by atomic mass is 9.81. The summed E-state index contributed by atoms with van der Waals surface area (Å²) in [6, 6.07) is -0.336. The predicted octanol–water partition coefficient (Wildman–Crippen LogP) is 3.87. The van der Waals surface area contributed by atoms with E-state index in [1.165, 1.54) is 0 Å². The van der Waals surface area contributed by atoms with E-state index in [1.807, 2.05) is 60.6 Å². The molecule has 0 saturated carbocycles. The highest BCUT2D eigenvalue weighted by molar-refractivity contribution is 5.80. The van der Waals surface area contributed by atoms with E-state index in [-0.39, 0.29) is 53.9 Å². The third kappa shape index (κ3) is 11.3. The molecule has 42 heavy (non-hydrogen) atoms. The van der Waals surface area contributed by atoms with E-state index in [1.54, 1.807) is 31.2 Å². The summed E-state index contributed by atoms with van der Waals surface area (Å²) in [6.45, 7) is 18.6. The number of nitrogens with two attached hydrogens (primary N) is 1. The molecule has 9 heteroatoms. The second-order valence-electron chi connectivity index (χ2n) is 12.6. The van der Waals surface area contributed by atoms with E-state index in [0.29, 0.717) is 6.42 Å². The molecule has 1 fully saturated rings. The Morgan fingerprint density at radius 2 is 1.64 bits per heavy atom. The zero-order valence-electron chi connectivity index (χ0n) is 26.7. The fourth-order valence-electron chi connectivity index (χ4n) is 5.95. The maximum absolute atomic E-state index is 12.1. The number of rotatable bonds is 16. The van der Waals surface area contributed by atoms with Crippen LogP contribution in [0.3, 0.4) is 0 Å². The summed E-state index contributed by atoms with van der Waals surface area (Å²) in [4.78, 5) is 23.6. The Kier molecular flexibility index (Phi) is 15.7. The van der Waals surface area contributed by atoms with Gasteiger partial charge in [0.1, 0.15) is 6.10 Å². The van der Waals surface area contributed by atoms with E-state index in [0.717, 1.165) is 5.57 Å². The lowest BCUT2D eigenvalue weighted by Crippen LogP contribution is -2.56. The van der Waals surface area contributed by atoms with Crippen LogP contribution in [0.2, 0.25) is 0 Å². The lowest BCUT2D eigenvalue weighted by molar-refractivity contribution is -0.136. The van der Waals surface area contributed by atoms with Crippen molar-refractivity contribution < 1.29 is 34.8 Å². The van der Waals surface area contributed by atoms with Gasteiger partial charge in [0.15, 0.2) is 0 Å². The summed E-state index contributed by atoms with van der Waals surface area (Å²) in [5.41, 5.74) is 6.31.